The third kappa shape index (κ3) is 4.59. The molecule has 2 N–H and O–H groups in total. The van der Waals surface area contributed by atoms with Crippen LogP contribution in [0.2, 0.25) is 0 Å². The Labute approximate surface area is 157 Å². The monoisotopic (exact) mass is 369 g/mol. The Morgan fingerprint density at radius 3 is 2.58 bits per heavy atom. The van der Waals surface area contributed by atoms with E-state index in [0.717, 1.165) is 11.3 Å². The fraction of sp³-hybridized carbons (Fsp3) is 0.300. The predicted molar refractivity (Wildman–Crippen MR) is 104 cm³/mol. The highest BCUT2D eigenvalue weighted by Crippen LogP contribution is 2.26. The first-order valence-corrected chi connectivity index (χ1v) is 9.40. The molecular weight excluding hydrogens is 346 g/mol. The van der Waals surface area contributed by atoms with Gasteiger partial charge in [-0.3, -0.25) is 15.4 Å². The normalized spacial score (nSPS) is 12.7. The molecule has 0 fully saturated rings. The number of nitrogens with zero attached hydrogens (tertiary/aromatic N) is 1. The van der Waals surface area contributed by atoms with Crippen molar-refractivity contribution in [2.45, 2.75) is 32.2 Å². The average Bonchev–Trinajstić information content (AvgIpc) is 3.27. The topological polar surface area (TPSA) is 67.2 Å². The number of carbonyl (C=O) groups is 1. The van der Waals surface area contributed by atoms with Gasteiger partial charge in [0.05, 0.1) is 18.3 Å². The molecule has 0 aliphatic carbocycles. The number of aromatic nitrogens is 1. The van der Waals surface area contributed by atoms with Crippen LogP contribution in [0.1, 0.15) is 42.9 Å². The Kier molecular flexibility index (Phi) is 5.54. The van der Waals surface area contributed by atoms with Gasteiger partial charge in [-0.15, -0.1) is 11.3 Å². The number of carbonyl (C=O) groups excluding carboxylic acids is 1. The molecule has 2 heterocycles. The first-order valence-electron chi connectivity index (χ1n) is 8.52. The maximum Gasteiger partial charge on any atom is 0.240 e. The molecule has 1 atom stereocenters. The van der Waals surface area contributed by atoms with Crippen LogP contribution in [0.4, 0.5) is 5.88 Å². The molecule has 0 saturated carbocycles. The van der Waals surface area contributed by atoms with Gasteiger partial charge in [0.15, 0.2) is 0 Å². The van der Waals surface area contributed by atoms with Crippen molar-refractivity contribution >= 4 is 23.1 Å². The molecule has 3 rings (SSSR count). The number of benzene rings is 1. The molecule has 0 aliphatic rings. The van der Waals surface area contributed by atoms with E-state index in [2.05, 4.69) is 34.0 Å². The number of hydrogen-bond acceptors (Lipinski definition) is 5. The van der Waals surface area contributed by atoms with Crippen LogP contribution in [0.15, 0.2) is 58.4 Å². The standard InChI is InChI=1S/C20H23N3O2S/c1-20(2,3)16-12-18(25-23-16)22-17(24)13-21-19(15-10-7-11-26-15)14-8-5-4-6-9-14/h4-12,19,21H,13H2,1-3H3,(H,22,24)/t19-/m0/s1. The highest BCUT2D eigenvalue weighted by Gasteiger charge is 2.20. The first kappa shape index (κ1) is 18.4. The van der Waals surface area contributed by atoms with Gasteiger partial charge < -0.3 is 4.52 Å². The molecule has 3 aromatic rings. The summed E-state index contributed by atoms with van der Waals surface area (Å²) < 4.78 is 5.22. The minimum Gasteiger partial charge on any atom is -0.338 e. The lowest BCUT2D eigenvalue weighted by molar-refractivity contribution is -0.115. The molecule has 26 heavy (non-hydrogen) atoms. The molecule has 0 saturated heterocycles. The van der Waals surface area contributed by atoms with Crippen LogP contribution in [0.5, 0.6) is 0 Å². The van der Waals surface area contributed by atoms with E-state index in [4.69, 9.17) is 4.52 Å². The summed E-state index contributed by atoms with van der Waals surface area (Å²) in [6, 6.07) is 15.9. The smallest absolute Gasteiger partial charge is 0.240 e. The van der Waals surface area contributed by atoms with E-state index in [1.54, 1.807) is 17.4 Å². The molecular formula is C20H23N3O2S. The Balaban J connectivity index is 1.64. The number of thiophene rings is 1. The van der Waals surface area contributed by atoms with E-state index in [-0.39, 0.29) is 23.9 Å². The lowest BCUT2D eigenvalue weighted by Gasteiger charge is -2.17. The number of anilines is 1. The number of hydrogen-bond donors (Lipinski definition) is 2. The van der Waals surface area contributed by atoms with Crippen molar-refractivity contribution in [1.82, 2.24) is 10.5 Å². The predicted octanol–water partition coefficient (Wildman–Crippen LogP) is 4.35. The van der Waals surface area contributed by atoms with Crippen molar-refractivity contribution in [2.24, 2.45) is 0 Å². The van der Waals surface area contributed by atoms with Crippen LogP contribution in [-0.4, -0.2) is 17.6 Å². The zero-order chi connectivity index (χ0) is 18.6. The lowest BCUT2D eigenvalue weighted by atomic mass is 9.92. The van der Waals surface area contributed by atoms with Gasteiger partial charge in [0, 0.05) is 16.4 Å². The summed E-state index contributed by atoms with van der Waals surface area (Å²) in [6.45, 7) is 6.31. The van der Waals surface area contributed by atoms with Gasteiger partial charge >= 0.3 is 0 Å². The first-order chi connectivity index (χ1) is 12.4. The van der Waals surface area contributed by atoms with Crippen LogP contribution < -0.4 is 10.6 Å². The molecule has 0 bridgehead atoms. The van der Waals surface area contributed by atoms with Crippen molar-refractivity contribution in [3.63, 3.8) is 0 Å². The SMILES string of the molecule is CC(C)(C)c1cc(NC(=O)CN[C@@H](c2ccccc2)c2cccs2)on1. The van der Waals surface area contributed by atoms with E-state index in [9.17, 15) is 4.79 Å². The van der Waals surface area contributed by atoms with Crippen LogP contribution >= 0.6 is 11.3 Å². The van der Waals surface area contributed by atoms with Crippen molar-refractivity contribution < 1.29 is 9.32 Å². The maximum absolute atomic E-state index is 12.3. The molecule has 0 aliphatic heterocycles. The van der Waals surface area contributed by atoms with Gasteiger partial charge in [-0.05, 0) is 17.0 Å². The second kappa shape index (κ2) is 7.85. The Hall–Kier alpha value is -2.44. The van der Waals surface area contributed by atoms with Crippen LogP contribution in [-0.2, 0) is 10.2 Å². The van der Waals surface area contributed by atoms with Gasteiger partial charge in [-0.2, -0.15) is 0 Å². The van der Waals surface area contributed by atoms with Crippen molar-refractivity contribution in [1.29, 1.82) is 0 Å². The van der Waals surface area contributed by atoms with Gasteiger partial charge in [-0.25, -0.2) is 0 Å². The second-order valence-corrected chi connectivity index (χ2v) is 8.09. The Bertz CT molecular complexity index is 836. The fourth-order valence-electron chi connectivity index (χ4n) is 2.55. The summed E-state index contributed by atoms with van der Waals surface area (Å²) in [5.74, 6) is 0.202. The molecule has 136 valence electrons. The molecule has 1 amide bonds. The fourth-order valence-corrected chi connectivity index (χ4v) is 3.37. The molecule has 0 unspecified atom stereocenters. The minimum absolute atomic E-state index is 0.0261. The number of nitrogens with one attached hydrogen (secondary N) is 2. The number of amides is 1. The molecule has 0 radical (unpaired) electrons. The molecule has 1 aromatic carbocycles. The summed E-state index contributed by atoms with van der Waals surface area (Å²) in [5.41, 5.74) is 1.81. The highest BCUT2D eigenvalue weighted by molar-refractivity contribution is 7.10. The van der Waals surface area contributed by atoms with Crippen LogP contribution in [0.25, 0.3) is 0 Å². The lowest BCUT2D eigenvalue weighted by Crippen LogP contribution is -2.31. The third-order valence-corrected chi connectivity index (χ3v) is 4.91. The summed E-state index contributed by atoms with van der Waals surface area (Å²) in [6.07, 6.45) is 0. The number of rotatable bonds is 6. The minimum atomic E-state index is -0.168. The molecule has 0 spiro atoms. The van der Waals surface area contributed by atoms with E-state index in [1.807, 2.05) is 50.4 Å². The second-order valence-electron chi connectivity index (χ2n) is 7.11. The zero-order valence-electron chi connectivity index (χ0n) is 15.2. The summed E-state index contributed by atoms with van der Waals surface area (Å²) in [7, 11) is 0. The molecule has 6 heteroatoms. The van der Waals surface area contributed by atoms with Gasteiger partial charge in [0.25, 0.3) is 0 Å². The van der Waals surface area contributed by atoms with Crippen LogP contribution in [0, 0.1) is 0 Å². The molecule has 5 nitrogen and oxygen atoms in total. The molecule has 2 aromatic heterocycles. The quantitative estimate of drug-likeness (QED) is 0.678. The summed E-state index contributed by atoms with van der Waals surface area (Å²) in [5, 5.41) is 12.1. The van der Waals surface area contributed by atoms with E-state index >= 15 is 0 Å². The van der Waals surface area contributed by atoms with Gasteiger partial charge in [0.1, 0.15) is 0 Å². The van der Waals surface area contributed by atoms with Crippen molar-refractivity contribution in [3.8, 4) is 0 Å². The zero-order valence-corrected chi connectivity index (χ0v) is 16.0. The Morgan fingerprint density at radius 2 is 1.96 bits per heavy atom. The average molecular weight is 369 g/mol. The summed E-state index contributed by atoms with van der Waals surface area (Å²) in [4.78, 5) is 13.5. The van der Waals surface area contributed by atoms with Crippen molar-refractivity contribution in [3.05, 3.63) is 70.0 Å². The van der Waals surface area contributed by atoms with Gasteiger partial charge in [-0.1, -0.05) is 62.3 Å². The van der Waals surface area contributed by atoms with E-state index < -0.39 is 0 Å². The van der Waals surface area contributed by atoms with Crippen LogP contribution in [0.3, 0.4) is 0 Å². The highest BCUT2D eigenvalue weighted by atomic mass is 32.1. The third-order valence-electron chi connectivity index (χ3n) is 3.97. The van der Waals surface area contributed by atoms with Gasteiger partial charge in [0.2, 0.25) is 11.8 Å². The van der Waals surface area contributed by atoms with Crippen molar-refractivity contribution in [2.75, 3.05) is 11.9 Å². The maximum atomic E-state index is 12.3. The summed E-state index contributed by atoms with van der Waals surface area (Å²) >= 11 is 1.66. The van der Waals surface area contributed by atoms with E-state index in [0.29, 0.717) is 5.88 Å². The van der Waals surface area contributed by atoms with E-state index in [1.165, 1.54) is 4.88 Å². The Morgan fingerprint density at radius 1 is 1.19 bits per heavy atom. The largest absolute Gasteiger partial charge is 0.338 e.